The molecule has 4 rings (SSSR count). The number of carbonyl (C=O) groups is 1. The van der Waals surface area contributed by atoms with E-state index in [1.165, 1.54) is 0 Å². The number of hydrogen-bond acceptors (Lipinski definition) is 5. The van der Waals surface area contributed by atoms with Gasteiger partial charge in [-0.25, -0.2) is 0 Å². The van der Waals surface area contributed by atoms with Crippen molar-refractivity contribution in [3.63, 3.8) is 0 Å². The van der Waals surface area contributed by atoms with Crippen LogP contribution in [-0.2, 0) is 0 Å². The lowest BCUT2D eigenvalue weighted by Crippen LogP contribution is -2.30. The molecule has 1 aliphatic carbocycles. The van der Waals surface area contributed by atoms with Crippen molar-refractivity contribution in [1.82, 2.24) is 9.88 Å². The maximum absolute atomic E-state index is 12.4. The van der Waals surface area contributed by atoms with Crippen molar-refractivity contribution in [1.29, 1.82) is 0 Å². The van der Waals surface area contributed by atoms with Gasteiger partial charge in [-0.2, -0.15) is 0 Å². The van der Waals surface area contributed by atoms with Crippen molar-refractivity contribution in [3.8, 4) is 11.5 Å². The molecule has 1 saturated carbocycles. The van der Waals surface area contributed by atoms with E-state index in [-0.39, 0.29) is 17.6 Å². The van der Waals surface area contributed by atoms with E-state index in [4.69, 9.17) is 16.3 Å². The number of aromatic nitrogens is 1. The lowest BCUT2D eigenvalue weighted by Gasteiger charge is -2.19. The third-order valence-electron chi connectivity index (χ3n) is 5.32. The number of ether oxygens (including phenoxy) is 1. The zero-order valence-electron chi connectivity index (χ0n) is 14.3. The Morgan fingerprint density at radius 2 is 1.88 bits per heavy atom. The second-order valence-electron chi connectivity index (χ2n) is 7.23. The molecule has 1 N–H and O–H groups in total. The van der Waals surface area contributed by atoms with E-state index in [9.17, 15) is 9.90 Å². The lowest BCUT2D eigenvalue weighted by molar-refractivity contribution is 0.0936. The van der Waals surface area contributed by atoms with E-state index in [1.807, 2.05) is 0 Å². The first-order chi connectivity index (χ1) is 12.6. The Hall–Kier alpha value is -2.11. The molecule has 0 bridgehead atoms. The summed E-state index contributed by atoms with van der Waals surface area (Å²) in [5, 5.41) is 9.92. The number of ketones is 1. The first kappa shape index (κ1) is 17.3. The van der Waals surface area contributed by atoms with Crippen LogP contribution in [0, 0.1) is 11.8 Å². The summed E-state index contributed by atoms with van der Waals surface area (Å²) in [6, 6.07) is 8.26. The van der Waals surface area contributed by atoms with Crippen molar-refractivity contribution in [2.45, 2.75) is 18.9 Å². The monoisotopic (exact) mass is 372 g/mol. The summed E-state index contributed by atoms with van der Waals surface area (Å²) in [6.07, 6.45) is 5.49. The molecule has 2 aromatic rings. The number of fused-ring (bicyclic) bond motifs is 1. The molecule has 2 atom stereocenters. The summed E-state index contributed by atoms with van der Waals surface area (Å²) in [5.74, 6) is 2.14. The number of hydrogen-bond donors (Lipinski definition) is 1. The molecule has 0 radical (unpaired) electrons. The zero-order chi connectivity index (χ0) is 18.1. The summed E-state index contributed by atoms with van der Waals surface area (Å²) in [4.78, 5) is 18.7. The van der Waals surface area contributed by atoms with Crippen LogP contribution in [0.25, 0.3) is 0 Å². The summed E-state index contributed by atoms with van der Waals surface area (Å²) in [7, 11) is 0. The van der Waals surface area contributed by atoms with Gasteiger partial charge < -0.3 is 9.84 Å². The Kier molecular flexibility index (Phi) is 4.83. The highest BCUT2D eigenvalue weighted by molar-refractivity contribution is 6.30. The van der Waals surface area contributed by atoms with Crippen molar-refractivity contribution in [3.05, 3.63) is 53.3 Å². The summed E-state index contributed by atoms with van der Waals surface area (Å²) in [5.41, 5.74) is 0.648. The second-order valence-corrected chi connectivity index (χ2v) is 7.67. The Labute approximate surface area is 157 Å². The maximum atomic E-state index is 12.4. The minimum absolute atomic E-state index is 0.0998. The molecule has 26 heavy (non-hydrogen) atoms. The van der Waals surface area contributed by atoms with E-state index in [0.29, 0.717) is 29.0 Å². The summed E-state index contributed by atoms with van der Waals surface area (Å²) in [6.45, 7) is 2.30. The van der Waals surface area contributed by atoms with Crippen LogP contribution in [-0.4, -0.2) is 46.5 Å². The quantitative estimate of drug-likeness (QED) is 0.815. The molecule has 1 aromatic heterocycles. The number of pyridine rings is 1. The molecular weight excluding hydrogens is 352 g/mol. The summed E-state index contributed by atoms with van der Waals surface area (Å²) < 4.78 is 6.03. The molecule has 2 unspecified atom stereocenters. The first-order valence-corrected chi connectivity index (χ1v) is 9.26. The third-order valence-corrected chi connectivity index (χ3v) is 5.53. The number of halogens is 1. The van der Waals surface area contributed by atoms with E-state index in [0.717, 1.165) is 31.7 Å². The van der Waals surface area contributed by atoms with E-state index in [1.54, 1.807) is 42.7 Å². The molecule has 1 aliphatic heterocycles. The Balaban J connectivity index is 1.29. The number of rotatable bonds is 5. The van der Waals surface area contributed by atoms with Crippen LogP contribution in [0.3, 0.4) is 0 Å². The van der Waals surface area contributed by atoms with Gasteiger partial charge >= 0.3 is 0 Å². The molecule has 6 heteroatoms. The number of phenolic OH excluding ortho intramolecular Hbond substituents is 1. The van der Waals surface area contributed by atoms with Crippen LogP contribution in [0.15, 0.2) is 42.7 Å². The van der Waals surface area contributed by atoms with Gasteiger partial charge in [0.2, 0.25) is 0 Å². The standard InChI is InChI=1S/C20H21ClN2O3/c21-16-7-19(9-22-8-16)26-18-5-14-10-23(11-15(14)6-18)12-20(25)13-1-3-17(24)4-2-13/h1-4,7-9,14-15,18,24H,5-6,10-12H2. The lowest BCUT2D eigenvalue weighted by atomic mass is 10.0. The van der Waals surface area contributed by atoms with Gasteiger partial charge in [0, 0.05) is 30.9 Å². The predicted molar refractivity (Wildman–Crippen MR) is 98.8 cm³/mol. The molecule has 2 fully saturated rings. The number of aromatic hydroxyl groups is 1. The normalized spacial score (nSPS) is 25.2. The highest BCUT2D eigenvalue weighted by atomic mass is 35.5. The summed E-state index contributed by atoms with van der Waals surface area (Å²) >= 11 is 5.96. The van der Waals surface area contributed by atoms with Gasteiger partial charge in [0.1, 0.15) is 11.5 Å². The number of Topliss-reactive ketones (excluding diaryl/α,β-unsaturated/α-hetero) is 1. The molecule has 136 valence electrons. The number of benzene rings is 1. The second kappa shape index (κ2) is 7.25. The molecule has 1 aromatic carbocycles. The van der Waals surface area contributed by atoms with Crippen molar-refractivity contribution < 1.29 is 14.6 Å². The molecule has 0 spiro atoms. The molecular formula is C20H21ClN2O3. The average molecular weight is 373 g/mol. The fraction of sp³-hybridized carbons (Fsp3) is 0.400. The number of phenols is 1. The van der Waals surface area contributed by atoms with Crippen LogP contribution in [0.1, 0.15) is 23.2 Å². The minimum Gasteiger partial charge on any atom is -0.508 e. The molecule has 2 heterocycles. The van der Waals surface area contributed by atoms with Crippen molar-refractivity contribution in [2.24, 2.45) is 11.8 Å². The largest absolute Gasteiger partial charge is 0.508 e. The van der Waals surface area contributed by atoms with E-state index in [2.05, 4.69) is 9.88 Å². The minimum atomic E-state index is 0.0998. The first-order valence-electron chi connectivity index (χ1n) is 8.88. The van der Waals surface area contributed by atoms with Crippen LogP contribution >= 0.6 is 11.6 Å². The van der Waals surface area contributed by atoms with Crippen LogP contribution in [0.5, 0.6) is 11.5 Å². The molecule has 5 nitrogen and oxygen atoms in total. The molecule has 0 amide bonds. The Bertz CT molecular complexity index is 782. The third kappa shape index (κ3) is 3.84. The van der Waals surface area contributed by atoms with Crippen LogP contribution in [0.4, 0.5) is 0 Å². The smallest absolute Gasteiger partial charge is 0.176 e. The highest BCUT2D eigenvalue weighted by Gasteiger charge is 2.42. The van der Waals surface area contributed by atoms with E-state index < -0.39 is 0 Å². The van der Waals surface area contributed by atoms with Crippen molar-refractivity contribution >= 4 is 17.4 Å². The Morgan fingerprint density at radius 3 is 2.54 bits per heavy atom. The highest BCUT2D eigenvalue weighted by Crippen LogP contribution is 2.39. The van der Waals surface area contributed by atoms with Gasteiger partial charge in [0.15, 0.2) is 5.78 Å². The predicted octanol–water partition coefficient (Wildman–Crippen LogP) is 3.41. The topological polar surface area (TPSA) is 62.7 Å². The van der Waals surface area contributed by atoms with Gasteiger partial charge in [0.05, 0.1) is 23.9 Å². The fourth-order valence-corrected chi connectivity index (χ4v) is 4.32. The van der Waals surface area contributed by atoms with Crippen LogP contribution < -0.4 is 4.74 Å². The fourth-order valence-electron chi connectivity index (χ4n) is 4.16. The number of nitrogens with zero attached hydrogens (tertiary/aromatic N) is 2. The van der Waals surface area contributed by atoms with Gasteiger partial charge in [-0.1, -0.05) is 11.6 Å². The molecule has 2 aliphatic rings. The maximum Gasteiger partial charge on any atom is 0.176 e. The Morgan fingerprint density at radius 1 is 1.19 bits per heavy atom. The van der Waals surface area contributed by atoms with Gasteiger partial charge in [-0.3, -0.25) is 14.7 Å². The van der Waals surface area contributed by atoms with Gasteiger partial charge in [0.25, 0.3) is 0 Å². The van der Waals surface area contributed by atoms with Gasteiger partial charge in [-0.05, 0) is 48.9 Å². The molecule has 1 saturated heterocycles. The van der Waals surface area contributed by atoms with Crippen molar-refractivity contribution in [2.75, 3.05) is 19.6 Å². The van der Waals surface area contributed by atoms with Gasteiger partial charge in [-0.15, -0.1) is 0 Å². The SMILES string of the molecule is O=C(CN1CC2CC(Oc3cncc(Cl)c3)CC2C1)c1ccc(O)cc1. The average Bonchev–Trinajstić information content (AvgIpc) is 3.13. The number of carbonyl (C=O) groups excluding carboxylic acids is 1. The van der Waals surface area contributed by atoms with Crippen LogP contribution in [0.2, 0.25) is 5.02 Å². The number of likely N-dealkylation sites (tertiary alicyclic amines) is 1. The zero-order valence-corrected chi connectivity index (χ0v) is 15.1. The van der Waals surface area contributed by atoms with E-state index >= 15 is 0 Å².